The molecule has 33 heavy (non-hydrogen) atoms. The summed E-state index contributed by atoms with van der Waals surface area (Å²) < 4.78 is 5.77. The molecule has 0 unspecified atom stereocenters. The molecule has 0 radical (unpaired) electrons. The predicted molar refractivity (Wildman–Crippen MR) is 132 cm³/mol. The van der Waals surface area contributed by atoms with Crippen LogP contribution in [0.15, 0.2) is 84.9 Å². The van der Waals surface area contributed by atoms with E-state index in [0.717, 1.165) is 17.3 Å². The minimum atomic E-state index is -0.191. The maximum Gasteiger partial charge on any atom is 0.255 e. The Balaban J connectivity index is 1.37. The van der Waals surface area contributed by atoms with Crippen molar-refractivity contribution in [2.75, 3.05) is 29.6 Å². The van der Waals surface area contributed by atoms with Crippen molar-refractivity contribution in [2.24, 2.45) is 0 Å². The largest absolute Gasteiger partial charge is 0.457 e. The monoisotopic (exact) mass is 439 g/mol. The number of carbonyl (C=O) groups excluding carboxylic acids is 1. The highest BCUT2D eigenvalue weighted by Gasteiger charge is 2.08. The summed E-state index contributed by atoms with van der Waals surface area (Å²) in [5.74, 6) is 3.45. The molecule has 1 amide bonds. The molecule has 7 nitrogen and oxygen atoms in total. The molecule has 0 spiro atoms. The van der Waals surface area contributed by atoms with Gasteiger partial charge in [-0.15, -0.1) is 0 Å². The predicted octanol–water partition coefficient (Wildman–Crippen LogP) is 5.64. The number of benzene rings is 3. The lowest BCUT2D eigenvalue weighted by Crippen LogP contribution is -2.12. The Hall–Kier alpha value is -4.39. The molecular weight excluding hydrogens is 414 g/mol. The second kappa shape index (κ2) is 9.82. The van der Waals surface area contributed by atoms with Crippen molar-refractivity contribution in [1.29, 1.82) is 0 Å². The number of aromatic nitrogens is 2. The van der Waals surface area contributed by atoms with Gasteiger partial charge in [-0.25, -0.2) is 9.97 Å². The first-order chi connectivity index (χ1) is 16.0. The van der Waals surface area contributed by atoms with E-state index >= 15 is 0 Å². The molecule has 4 rings (SSSR count). The van der Waals surface area contributed by atoms with E-state index in [9.17, 15) is 4.79 Å². The van der Waals surface area contributed by atoms with Gasteiger partial charge in [0.05, 0.1) is 0 Å². The van der Waals surface area contributed by atoms with E-state index in [4.69, 9.17) is 4.74 Å². The number of nitrogens with zero attached hydrogens (tertiary/aromatic N) is 3. The molecule has 1 aromatic heterocycles. The van der Waals surface area contributed by atoms with Gasteiger partial charge in [-0.05, 0) is 67.6 Å². The first kappa shape index (κ1) is 21.8. The van der Waals surface area contributed by atoms with Crippen molar-refractivity contribution in [3.63, 3.8) is 0 Å². The summed E-state index contributed by atoms with van der Waals surface area (Å²) in [6.45, 7) is 1.86. The maximum absolute atomic E-state index is 12.6. The van der Waals surface area contributed by atoms with Gasteiger partial charge in [-0.2, -0.15) is 0 Å². The lowest BCUT2D eigenvalue weighted by atomic mass is 10.2. The van der Waals surface area contributed by atoms with Crippen LogP contribution in [0.5, 0.6) is 11.5 Å². The first-order valence-corrected chi connectivity index (χ1v) is 10.5. The molecular formula is C26H25N5O2. The van der Waals surface area contributed by atoms with Gasteiger partial charge in [0.25, 0.3) is 5.91 Å². The molecule has 1 heterocycles. The van der Waals surface area contributed by atoms with Crippen molar-refractivity contribution >= 4 is 28.9 Å². The highest BCUT2D eigenvalue weighted by atomic mass is 16.5. The molecule has 0 aliphatic carbocycles. The van der Waals surface area contributed by atoms with Gasteiger partial charge in [0.15, 0.2) is 0 Å². The normalized spacial score (nSPS) is 10.4. The fraction of sp³-hybridized carbons (Fsp3) is 0.115. The van der Waals surface area contributed by atoms with E-state index in [1.807, 2.05) is 86.6 Å². The number of carbonyl (C=O) groups is 1. The van der Waals surface area contributed by atoms with E-state index in [1.165, 1.54) is 0 Å². The molecule has 0 fully saturated rings. The Morgan fingerprint density at radius 2 is 1.45 bits per heavy atom. The number of rotatable bonds is 7. The molecule has 4 aromatic rings. The Bertz CT molecular complexity index is 1220. The third kappa shape index (κ3) is 5.86. The third-order valence-electron chi connectivity index (χ3n) is 4.79. The van der Waals surface area contributed by atoms with Crippen LogP contribution < -0.4 is 20.3 Å². The Labute approximate surface area is 193 Å². The minimum absolute atomic E-state index is 0.191. The van der Waals surface area contributed by atoms with Gasteiger partial charge >= 0.3 is 0 Å². The molecule has 0 aliphatic heterocycles. The van der Waals surface area contributed by atoms with Gasteiger partial charge in [-0.1, -0.05) is 18.2 Å². The van der Waals surface area contributed by atoms with Gasteiger partial charge in [-0.3, -0.25) is 4.79 Å². The summed E-state index contributed by atoms with van der Waals surface area (Å²) in [7, 11) is 3.87. The van der Waals surface area contributed by atoms with Crippen molar-refractivity contribution in [3.05, 3.63) is 96.3 Å². The van der Waals surface area contributed by atoms with E-state index in [1.54, 1.807) is 24.3 Å². The van der Waals surface area contributed by atoms with E-state index in [-0.39, 0.29) is 5.91 Å². The van der Waals surface area contributed by atoms with Gasteiger partial charge < -0.3 is 20.3 Å². The minimum Gasteiger partial charge on any atom is -0.457 e. The van der Waals surface area contributed by atoms with Crippen LogP contribution in [0.25, 0.3) is 0 Å². The first-order valence-electron chi connectivity index (χ1n) is 10.5. The number of ether oxygens (including phenoxy) is 1. The number of amides is 1. The SMILES string of the molecule is Cc1nc(Nc2ccc(NC(=O)c3ccc(Oc4ccccc4)cc3)cc2)cc(N(C)C)n1. The Morgan fingerprint density at radius 1 is 0.818 bits per heavy atom. The molecule has 7 heteroatoms. The summed E-state index contributed by atoms with van der Waals surface area (Å²) in [4.78, 5) is 23.4. The molecule has 0 saturated heterocycles. The molecule has 166 valence electrons. The average molecular weight is 440 g/mol. The third-order valence-corrected chi connectivity index (χ3v) is 4.79. The van der Waals surface area contributed by atoms with Gasteiger partial charge in [0.1, 0.15) is 29.0 Å². The lowest BCUT2D eigenvalue weighted by molar-refractivity contribution is 0.102. The summed E-state index contributed by atoms with van der Waals surface area (Å²) in [6.07, 6.45) is 0. The van der Waals surface area contributed by atoms with Crippen LogP contribution in [-0.2, 0) is 0 Å². The molecule has 0 saturated carbocycles. The van der Waals surface area contributed by atoms with Crippen LogP contribution >= 0.6 is 0 Å². The zero-order chi connectivity index (χ0) is 23.2. The topological polar surface area (TPSA) is 79.4 Å². The highest BCUT2D eigenvalue weighted by molar-refractivity contribution is 6.04. The standard InChI is InChI=1S/C26H25N5O2/c1-18-27-24(17-25(28-18)31(2)3)29-20-11-13-21(14-12-20)30-26(32)19-9-15-23(16-10-19)33-22-7-5-4-6-8-22/h4-17H,1-3H3,(H,30,32)(H,27,28,29). The number of nitrogens with one attached hydrogen (secondary N) is 2. The summed E-state index contributed by atoms with van der Waals surface area (Å²) >= 11 is 0. The van der Waals surface area contributed by atoms with Crippen LogP contribution in [0, 0.1) is 6.92 Å². The number of hydrogen-bond donors (Lipinski definition) is 2. The molecule has 0 atom stereocenters. The van der Waals surface area contributed by atoms with E-state index < -0.39 is 0 Å². The maximum atomic E-state index is 12.6. The molecule has 0 aliphatic rings. The second-order valence-corrected chi connectivity index (χ2v) is 7.65. The number of aryl methyl sites for hydroxylation is 1. The Morgan fingerprint density at radius 3 is 2.12 bits per heavy atom. The van der Waals surface area contributed by atoms with E-state index in [0.29, 0.717) is 28.6 Å². The van der Waals surface area contributed by atoms with Crippen LogP contribution in [0.3, 0.4) is 0 Å². The van der Waals surface area contributed by atoms with E-state index in [2.05, 4.69) is 20.6 Å². The second-order valence-electron chi connectivity index (χ2n) is 7.65. The van der Waals surface area contributed by atoms with Gasteiger partial charge in [0, 0.05) is 37.1 Å². The zero-order valence-corrected chi connectivity index (χ0v) is 18.7. The van der Waals surface area contributed by atoms with Crippen LogP contribution in [0.1, 0.15) is 16.2 Å². The lowest BCUT2D eigenvalue weighted by Gasteiger charge is -2.14. The van der Waals surface area contributed by atoms with Crippen molar-refractivity contribution < 1.29 is 9.53 Å². The molecule has 3 aromatic carbocycles. The van der Waals surface area contributed by atoms with Crippen molar-refractivity contribution in [3.8, 4) is 11.5 Å². The van der Waals surface area contributed by atoms with Crippen molar-refractivity contribution in [1.82, 2.24) is 9.97 Å². The number of anilines is 4. The fourth-order valence-electron chi connectivity index (χ4n) is 3.13. The highest BCUT2D eigenvalue weighted by Crippen LogP contribution is 2.23. The average Bonchev–Trinajstić information content (AvgIpc) is 2.81. The van der Waals surface area contributed by atoms with Gasteiger partial charge in [0.2, 0.25) is 0 Å². The molecule has 0 bridgehead atoms. The van der Waals surface area contributed by atoms with Crippen molar-refractivity contribution in [2.45, 2.75) is 6.92 Å². The Kier molecular flexibility index (Phi) is 6.50. The van der Waals surface area contributed by atoms with Crippen LogP contribution in [0.2, 0.25) is 0 Å². The summed E-state index contributed by atoms with van der Waals surface area (Å²) in [5.41, 5.74) is 2.10. The fourth-order valence-corrected chi connectivity index (χ4v) is 3.13. The van der Waals surface area contributed by atoms with Crippen LogP contribution in [0.4, 0.5) is 23.0 Å². The number of hydrogen-bond acceptors (Lipinski definition) is 6. The zero-order valence-electron chi connectivity index (χ0n) is 18.7. The summed E-state index contributed by atoms with van der Waals surface area (Å²) in [6, 6.07) is 25.9. The smallest absolute Gasteiger partial charge is 0.255 e. The van der Waals surface area contributed by atoms with Crippen LogP contribution in [-0.4, -0.2) is 30.0 Å². The molecule has 2 N–H and O–H groups in total. The summed E-state index contributed by atoms with van der Waals surface area (Å²) in [5, 5.41) is 6.19. The quantitative estimate of drug-likeness (QED) is 0.388. The number of para-hydroxylation sites is 1.